The van der Waals surface area contributed by atoms with Gasteiger partial charge in [-0.3, -0.25) is 14.4 Å². The number of aromatic nitrogens is 1. The van der Waals surface area contributed by atoms with E-state index in [2.05, 4.69) is 15.6 Å². The summed E-state index contributed by atoms with van der Waals surface area (Å²) >= 11 is 0. The number of halogens is 1. The van der Waals surface area contributed by atoms with Crippen LogP contribution in [-0.4, -0.2) is 60.5 Å². The monoisotopic (exact) mass is 440 g/mol. The number of amides is 3. The smallest absolute Gasteiger partial charge is 0.256 e. The van der Waals surface area contributed by atoms with Crippen molar-refractivity contribution in [2.24, 2.45) is 0 Å². The van der Waals surface area contributed by atoms with Gasteiger partial charge in [0, 0.05) is 48.9 Å². The molecule has 2 aliphatic rings. The molecule has 1 fully saturated rings. The number of aromatic amines is 1. The Bertz CT molecular complexity index is 1140. The Morgan fingerprint density at radius 3 is 2.88 bits per heavy atom. The lowest BCUT2D eigenvalue weighted by atomic mass is 10.0. The lowest BCUT2D eigenvalue weighted by Gasteiger charge is -2.17. The van der Waals surface area contributed by atoms with Crippen LogP contribution in [0.25, 0.3) is 11.6 Å². The van der Waals surface area contributed by atoms with Crippen LogP contribution in [0.2, 0.25) is 0 Å². The highest BCUT2D eigenvalue weighted by atomic mass is 19.1. The molecule has 0 spiro atoms. The van der Waals surface area contributed by atoms with Crippen molar-refractivity contribution in [3.8, 4) is 0 Å². The van der Waals surface area contributed by atoms with Crippen molar-refractivity contribution >= 4 is 35.1 Å². The summed E-state index contributed by atoms with van der Waals surface area (Å²) in [6, 6.07) is 3.99. The highest BCUT2D eigenvalue weighted by Gasteiger charge is 2.29. The molecule has 0 bridgehead atoms. The maximum Gasteiger partial charge on any atom is 0.256 e. The fourth-order valence-electron chi connectivity index (χ4n) is 4.28. The van der Waals surface area contributed by atoms with E-state index in [0.717, 1.165) is 0 Å². The van der Waals surface area contributed by atoms with E-state index in [-0.39, 0.29) is 30.4 Å². The predicted octanol–water partition coefficient (Wildman–Crippen LogP) is 2.24. The Kier molecular flexibility index (Phi) is 5.84. The Labute approximate surface area is 184 Å². The summed E-state index contributed by atoms with van der Waals surface area (Å²) in [5, 5.41) is 5.72. The second-order valence-corrected chi connectivity index (χ2v) is 8.10. The van der Waals surface area contributed by atoms with Crippen molar-refractivity contribution in [1.82, 2.24) is 15.2 Å². The second kappa shape index (κ2) is 8.58. The third kappa shape index (κ3) is 4.03. The molecule has 0 unspecified atom stereocenters. The number of hydrogen-bond donors (Lipinski definition) is 3. The SMILES string of the molecule is COCC(=O)N1CC[C@H](NC(=O)c2c(C)[nH]c(C=C3C(=O)Nc4ccc(F)cc43)c2C)C1. The number of fused-ring (bicyclic) bond motifs is 1. The van der Waals surface area contributed by atoms with Gasteiger partial charge in [-0.25, -0.2) is 4.39 Å². The maximum atomic E-state index is 13.7. The number of likely N-dealkylation sites (tertiary alicyclic amines) is 1. The van der Waals surface area contributed by atoms with Gasteiger partial charge in [0.15, 0.2) is 0 Å². The summed E-state index contributed by atoms with van der Waals surface area (Å²) in [5.74, 6) is -1.09. The van der Waals surface area contributed by atoms with Gasteiger partial charge in [0.2, 0.25) is 5.91 Å². The molecule has 1 atom stereocenters. The standard InChI is InChI=1S/C23H25FN4O4/c1-12-19(9-17-16-8-14(24)4-5-18(16)27-22(17)30)25-13(2)21(12)23(31)26-15-6-7-28(10-15)20(29)11-32-3/h4-5,8-9,15,25H,6-7,10-11H2,1-3H3,(H,26,31)(H,27,30)/t15-/m0/s1. The topological polar surface area (TPSA) is 104 Å². The molecule has 2 aromatic rings. The molecule has 32 heavy (non-hydrogen) atoms. The highest BCUT2D eigenvalue weighted by Crippen LogP contribution is 2.34. The van der Waals surface area contributed by atoms with Gasteiger partial charge in [0.05, 0.1) is 11.1 Å². The molecule has 1 aromatic carbocycles. The maximum absolute atomic E-state index is 13.7. The number of anilines is 1. The minimum absolute atomic E-state index is 0.0231. The summed E-state index contributed by atoms with van der Waals surface area (Å²) in [6.45, 7) is 4.62. The quantitative estimate of drug-likeness (QED) is 0.621. The van der Waals surface area contributed by atoms with Crippen LogP contribution in [0.5, 0.6) is 0 Å². The average molecular weight is 440 g/mol. The summed E-state index contributed by atoms with van der Waals surface area (Å²) in [6.07, 6.45) is 2.31. The third-order valence-electron chi connectivity index (χ3n) is 5.90. The molecule has 1 aromatic heterocycles. The largest absolute Gasteiger partial charge is 0.375 e. The van der Waals surface area contributed by atoms with Crippen molar-refractivity contribution in [2.45, 2.75) is 26.3 Å². The Hall–Kier alpha value is -3.46. The van der Waals surface area contributed by atoms with Gasteiger partial charge in [0.1, 0.15) is 12.4 Å². The van der Waals surface area contributed by atoms with Gasteiger partial charge in [-0.1, -0.05) is 0 Å². The van der Waals surface area contributed by atoms with Gasteiger partial charge in [-0.2, -0.15) is 0 Å². The number of nitrogens with one attached hydrogen (secondary N) is 3. The van der Waals surface area contributed by atoms with Crippen LogP contribution in [0, 0.1) is 19.7 Å². The zero-order valence-electron chi connectivity index (χ0n) is 18.2. The molecule has 3 amide bonds. The number of hydrogen-bond acceptors (Lipinski definition) is 4. The van der Waals surface area contributed by atoms with Crippen LogP contribution in [0.1, 0.15) is 39.3 Å². The molecule has 3 heterocycles. The van der Waals surface area contributed by atoms with Crippen LogP contribution in [0.3, 0.4) is 0 Å². The molecule has 4 rings (SSSR count). The number of aryl methyl sites for hydroxylation is 1. The normalized spacial score (nSPS) is 18.8. The first-order chi connectivity index (χ1) is 15.3. The number of H-pyrrole nitrogens is 1. The Balaban J connectivity index is 1.54. The Morgan fingerprint density at radius 1 is 1.34 bits per heavy atom. The molecule has 168 valence electrons. The summed E-state index contributed by atoms with van der Waals surface area (Å²) in [5.41, 5.74) is 3.83. The number of rotatable bonds is 5. The van der Waals surface area contributed by atoms with E-state index in [0.29, 0.717) is 58.8 Å². The number of ether oxygens (including phenoxy) is 1. The number of methoxy groups -OCH3 is 1. The highest BCUT2D eigenvalue weighted by molar-refractivity contribution is 6.34. The summed E-state index contributed by atoms with van der Waals surface area (Å²) in [4.78, 5) is 42.2. The van der Waals surface area contributed by atoms with E-state index in [4.69, 9.17) is 4.74 Å². The van der Waals surface area contributed by atoms with Gasteiger partial charge in [0.25, 0.3) is 11.8 Å². The molecule has 1 saturated heterocycles. The van der Waals surface area contributed by atoms with Gasteiger partial charge < -0.3 is 25.3 Å². The van der Waals surface area contributed by atoms with Crippen LogP contribution in [-0.2, 0) is 14.3 Å². The lowest BCUT2D eigenvalue weighted by molar-refractivity contribution is -0.134. The third-order valence-corrected chi connectivity index (χ3v) is 5.90. The fourth-order valence-corrected chi connectivity index (χ4v) is 4.28. The molecule has 0 radical (unpaired) electrons. The summed E-state index contributed by atoms with van der Waals surface area (Å²) in [7, 11) is 1.47. The second-order valence-electron chi connectivity index (χ2n) is 8.10. The average Bonchev–Trinajstić information content (AvgIpc) is 3.40. The van der Waals surface area contributed by atoms with Crippen LogP contribution < -0.4 is 10.6 Å². The van der Waals surface area contributed by atoms with Gasteiger partial charge in [-0.05, 0) is 50.1 Å². The van der Waals surface area contributed by atoms with Crippen molar-refractivity contribution in [3.63, 3.8) is 0 Å². The van der Waals surface area contributed by atoms with E-state index >= 15 is 0 Å². The van der Waals surface area contributed by atoms with E-state index in [1.807, 2.05) is 0 Å². The van der Waals surface area contributed by atoms with Crippen molar-refractivity contribution in [3.05, 3.63) is 52.1 Å². The van der Waals surface area contributed by atoms with Crippen molar-refractivity contribution < 1.29 is 23.5 Å². The minimum Gasteiger partial charge on any atom is -0.375 e. The number of nitrogens with zero attached hydrogens (tertiary/aromatic N) is 1. The number of benzene rings is 1. The van der Waals surface area contributed by atoms with E-state index in [1.54, 1.807) is 24.8 Å². The first-order valence-electron chi connectivity index (χ1n) is 10.4. The first kappa shape index (κ1) is 21.8. The van der Waals surface area contributed by atoms with Gasteiger partial charge in [-0.15, -0.1) is 0 Å². The van der Waals surface area contributed by atoms with E-state index in [1.165, 1.54) is 25.3 Å². The molecule has 8 nitrogen and oxygen atoms in total. The zero-order chi connectivity index (χ0) is 23.0. The van der Waals surface area contributed by atoms with Crippen LogP contribution in [0.4, 0.5) is 10.1 Å². The Morgan fingerprint density at radius 2 is 2.12 bits per heavy atom. The number of carbonyl (C=O) groups excluding carboxylic acids is 3. The van der Waals surface area contributed by atoms with Crippen LogP contribution in [0.15, 0.2) is 18.2 Å². The molecule has 9 heteroatoms. The molecular formula is C23H25FN4O4. The fraction of sp³-hybridized carbons (Fsp3) is 0.348. The lowest BCUT2D eigenvalue weighted by Crippen LogP contribution is -2.39. The van der Waals surface area contributed by atoms with Crippen molar-refractivity contribution in [1.29, 1.82) is 0 Å². The molecule has 0 saturated carbocycles. The predicted molar refractivity (Wildman–Crippen MR) is 117 cm³/mol. The molecular weight excluding hydrogens is 415 g/mol. The number of carbonyl (C=O) groups is 3. The molecule has 2 aliphatic heterocycles. The summed E-state index contributed by atoms with van der Waals surface area (Å²) < 4.78 is 18.6. The molecule has 0 aliphatic carbocycles. The zero-order valence-corrected chi connectivity index (χ0v) is 18.2. The molecule has 3 N–H and O–H groups in total. The van der Waals surface area contributed by atoms with E-state index in [9.17, 15) is 18.8 Å². The van der Waals surface area contributed by atoms with Crippen LogP contribution >= 0.6 is 0 Å². The first-order valence-corrected chi connectivity index (χ1v) is 10.4. The van der Waals surface area contributed by atoms with Crippen molar-refractivity contribution in [2.75, 3.05) is 32.1 Å². The van der Waals surface area contributed by atoms with Gasteiger partial charge >= 0.3 is 0 Å². The van der Waals surface area contributed by atoms with E-state index < -0.39 is 5.82 Å². The minimum atomic E-state index is -0.430.